The van der Waals surface area contributed by atoms with Crippen LogP contribution in [0, 0.1) is 5.82 Å². The summed E-state index contributed by atoms with van der Waals surface area (Å²) in [6.07, 6.45) is 4.97. The molecule has 7 nitrogen and oxygen atoms in total. The minimum atomic E-state index is -0.553. The Hall–Kier alpha value is -3.17. The largest absolute Gasteiger partial charge is 0.349 e. The average Bonchev–Trinajstić information content (AvgIpc) is 3.41. The van der Waals surface area contributed by atoms with Gasteiger partial charge in [0.2, 0.25) is 0 Å². The maximum absolute atomic E-state index is 14.6. The van der Waals surface area contributed by atoms with Crippen LogP contribution in [0.4, 0.5) is 4.39 Å². The molecule has 1 aromatic carbocycles. The number of carbonyl (C=O) groups is 2. The summed E-state index contributed by atoms with van der Waals surface area (Å²) in [5.74, 6) is -1.16. The topological polar surface area (TPSA) is 110 Å². The van der Waals surface area contributed by atoms with E-state index in [1.807, 2.05) is 5.38 Å². The first-order chi connectivity index (χ1) is 14.5. The maximum atomic E-state index is 14.6. The zero-order valence-corrected chi connectivity index (χ0v) is 16.8. The highest BCUT2D eigenvalue weighted by Gasteiger charge is 2.25. The van der Waals surface area contributed by atoms with Gasteiger partial charge < -0.3 is 16.4 Å². The first kappa shape index (κ1) is 20.1. The third-order valence-corrected chi connectivity index (χ3v) is 5.54. The van der Waals surface area contributed by atoms with E-state index in [0.717, 1.165) is 17.8 Å². The zero-order chi connectivity index (χ0) is 21.1. The number of thiazole rings is 1. The Balaban J connectivity index is 1.55. The van der Waals surface area contributed by atoms with E-state index in [1.165, 1.54) is 23.6 Å². The molecule has 0 saturated heterocycles. The molecule has 0 unspecified atom stereocenters. The van der Waals surface area contributed by atoms with Crippen molar-refractivity contribution in [1.82, 2.24) is 20.6 Å². The molecule has 30 heavy (non-hydrogen) atoms. The lowest BCUT2D eigenvalue weighted by Crippen LogP contribution is -2.25. The van der Waals surface area contributed by atoms with E-state index >= 15 is 0 Å². The highest BCUT2D eigenvalue weighted by atomic mass is 32.1. The molecule has 2 amide bonds. The first-order valence-electron chi connectivity index (χ1n) is 9.51. The van der Waals surface area contributed by atoms with Gasteiger partial charge >= 0.3 is 0 Å². The average molecular weight is 425 g/mol. The first-order valence-corrected chi connectivity index (χ1v) is 10.4. The Kier molecular flexibility index (Phi) is 5.82. The van der Waals surface area contributed by atoms with Crippen molar-refractivity contribution in [3.63, 3.8) is 0 Å². The van der Waals surface area contributed by atoms with Crippen LogP contribution in [0.15, 0.2) is 42.0 Å². The highest BCUT2D eigenvalue weighted by Crippen LogP contribution is 2.27. The van der Waals surface area contributed by atoms with Gasteiger partial charge in [-0.2, -0.15) is 0 Å². The molecule has 0 radical (unpaired) electrons. The van der Waals surface area contributed by atoms with Crippen LogP contribution in [0.2, 0.25) is 0 Å². The van der Waals surface area contributed by atoms with Crippen molar-refractivity contribution < 1.29 is 14.0 Å². The molecule has 1 aliphatic rings. The summed E-state index contributed by atoms with van der Waals surface area (Å²) >= 11 is 1.45. The number of benzene rings is 1. The fourth-order valence-corrected chi connectivity index (χ4v) is 3.54. The second kappa shape index (κ2) is 8.68. The van der Waals surface area contributed by atoms with Gasteiger partial charge in [-0.05, 0) is 37.1 Å². The van der Waals surface area contributed by atoms with E-state index < -0.39 is 5.82 Å². The Labute approximate surface area is 176 Å². The molecule has 4 rings (SSSR count). The van der Waals surface area contributed by atoms with Crippen LogP contribution in [-0.4, -0.2) is 27.8 Å². The zero-order valence-electron chi connectivity index (χ0n) is 16.0. The van der Waals surface area contributed by atoms with Crippen molar-refractivity contribution >= 4 is 23.2 Å². The van der Waals surface area contributed by atoms with Gasteiger partial charge in [-0.3, -0.25) is 14.6 Å². The number of carbonyl (C=O) groups excluding carboxylic acids is 2. The Bertz CT molecular complexity index is 1070. The molecule has 1 saturated carbocycles. The van der Waals surface area contributed by atoms with E-state index in [0.29, 0.717) is 23.4 Å². The normalized spacial score (nSPS) is 13.1. The number of halogens is 1. The van der Waals surface area contributed by atoms with Crippen LogP contribution < -0.4 is 16.4 Å². The summed E-state index contributed by atoms with van der Waals surface area (Å²) in [6.45, 7) is 0.294. The summed E-state index contributed by atoms with van der Waals surface area (Å²) in [4.78, 5) is 33.1. The number of rotatable bonds is 7. The third kappa shape index (κ3) is 4.52. The Morgan fingerprint density at radius 1 is 1.17 bits per heavy atom. The summed E-state index contributed by atoms with van der Waals surface area (Å²) in [7, 11) is 0. The molecule has 1 fully saturated rings. The van der Waals surface area contributed by atoms with E-state index in [-0.39, 0.29) is 35.5 Å². The summed E-state index contributed by atoms with van der Waals surface area (Å²) < 4.78 is 14.6. The molecule has 154 valence electrons. The standard InChI is InChI=1S/C21H20FN5O2S/c22-17-8-13(21(29)27-14-2-3-14)7-15(16(17)9-23)18-4-1-12(10-25-18)20(28)26-11-19-24-5-6-30-19/h1,4-8,10,14H,2-3,9,11,23H2,(H,26,28)(H,27,29). The molecule has 2 aromatic heterocycles. The second-order valence-corrected chi connectivity index (χ2v) is 7.96. The smallest absolute Gasteiger partial charge is 0.253 e. The van der Waals surface area contributed by atoms with E-state index in [2.05, 4.69) is 20.6 Å². The molecule has 2 heterocycles. The van der Waals surface area contributed by atoms with Crippen LogP contribution in [0.1, 0.15) is 44.1 Å². The van der Waals surface area contributed by atoms with Gasteiger partial charge in [-0.15, -0.1) is 11.3 Å². The number of amides is 2. The molecule has 0 atom stereocenters. The lowest BCUT2D eigenvalue weighted by Gasteiger charge is -2.12. The minimum Gasteiger partial charge on any atom is -0.349 e. The monoisotopic (exact) mass is 425 g/mol. The van der Waals surface area contributed by atoms with Crippen LogP contribution in [0.25, 0.3) is 11.3 Å². The number of aromatic nitrogens is 2. The number of nitrogens with one attached hydrogen (secondary N) is 2. The summed E-state index contributed by atoms with van der Waals surface area (Å²) in [5.41, 5.74) is 7.47. The van der Waals surface area contributed by atoms with Crippen molar-refractivity contribution in [2.45, 2.75) is 32.0 Å². The lowest BCUT2D eigenvalue weighted by molar-refractivity contribution is 0.0942. The molecule has 9 heteroatoms. The highest BCUT2D eigenvalue weighted by molar-refractivity contribution is 7.09. The van der Waals surface area contributed by atoms with Gasteiger partial charge in [-0.25, -0.2) is 9.37 Å². The van der Waals surface area contributed by atoms with Gasteiger partial charge in [-0.1, -0.05) is 0 Å². The molecular weight excluding hydrogens is 405 g/mol. The van der Waals surface area contributed by atoms with Gasteiger partial charge in [0, 0.05) is 47.1 Å². The van der Waals surface area contributed by atoms with Crippen LogP contribution in [0.3, 0.4) is 0 Å². The Morgan fingerprint density at radius 2 is 2.00 bits per heavy atom. The number of hydrogen-bond acceptors (Lipinski definition) is 6. The summed E-state index contributed by atoms with van der Waals surface area (Å²) in [5, 5.41) is 8.27. The lowest BCUT2D eigenvalue weighted by atomic mass is 9.99. The van der Waals surface area contributed by atoms with Crippen LogP contribution in [-0.2, 0) is 13.1 Å². The molecule has 0 aliphatic heterocycles. The maximum Gasteiger partial charge on any atom is 0.253 e. The van der Waals surface area contributed by atoms with Crippen molar-refractivity contribution in [3.05, 3.63) is 69.6 Å². The number of pyridine rings is 1. The van der Waals surface area contributed by atoms with Gasteiger partial charge in [0.25, 0.3) is 11.8 Å². The quantitative estimate of drug-likeness (QED) is 0.539. The summed E-state index contributed by atoms with van der Waals surface area (Å²) in [6, 6.07) is 6.18. The van der Waals surface area contributed by atoms with Crippen molar-refractivity contribution in [1.29, 1.82) is 0 Å². The van der Waals surface area contributed by atoms with Crippen LogP contribution >= 0.6 is 11.3 Å². The second-order valence-electron chi connectivity index (χ2n) is 6.98. The van der Waals surface area contributed by atoms with E-state index in [9.17, 15) is 14.0 Å². The van der Waals surface area contributed by atoms with Gasteiger partial charge in [0.1, 0.15) is 10.8 Å². The molecule has 4 N–H and O–H groups in total. The Morgan fingerprint density at radius 3 is 2.63 bits per heavy atom. The van der Waals surface area contributed by atoms with Gasteiger partial charge in [0.15, 0.2) is 0 Å². The number of nitrogens with two attached hydrogens (primary N) is 1. The number of hydrogen-bond donors (Lipinski definition) is 3. The predicted molar refractivity (Wildman–Crippen MR) is 111 cm³/mol. The molecular formula is C21H20FN5O2S. The predicted octanol–water partition coefficient (Wildman–Crippen LogP) is 2.63. The molecule has 3 aromatic rings. The van der Waals surface area contributed by atoms with Gasteiger partial charge in [0.05, 0.1) is 17.8 Å². The molecule has 1 aliphatic carbocycles. The molecule has 0 spiro atoms. The SMILES string of the molecule is NCc1c(F)cc(C(=O)NC2CC2)cc1-c1ccc(C(=O)NCc2nccs2)cn1. The van der Waals surface area contributed by atoms with Crippen molar-refractivity contribution in [3.8, 4) is 11.3 Å². The van der Waals surface area contributed by atoms with Crippen molar-refractivity contribution in [2.75, 3.05) is 0 Å². The fourth-order valence-electron chi connectivity index (χ4n) is 2.99. The van der Waals surface area contributed by atoms with E-state index in [4.69, 9.17) is 5.73 Å². The molecule has 0 bridgehead atoms. The third-order valence-electron chi connectivity index (χ3n) is 4.76. The van der Waals surface area contributed by atoms with Crippen LogP contribution in [0.5, 0.6) is 0 Å². The fraction of sp³-hybridized carbons (Fsp3) is 0.238. The number of nitrogens with zero attached hydrogens (tertiary/aromatic N) is 2. The minimum absolute atomic E-state index is 0.0383. The van der Waals surface area contributed by atoms with Crippen molar-refractivity contribution in [2.24, 2.45) is 5.73 Å². The van der Waals surface area contributed by atoms with E-state index in [1.54, 1.807) is 24.4 Å².